The first-order chi connectivity index (χ1) is 6.96. The molecule has 1 heteroatoms. The number of rotatable bonds is 1. The Labute approximate surface area is 91.9 Å². The molecule has 1 rings (SSSR count). The molecule has 0 saturated carbocycles. The molecule has 0 aromatic carbocycles. The summed E-state index contributed by atoms with van der Waals surface area (Å²) in [6, 6.07) is 3.92. The summed E-state index contributed by atoms with van der Waals surface area (Å²) in [5, 5.41) is 1.99. The Balaban J connectivity index is 3.63. The van der Waals surface area contributed by atoms with Crippen molar-refractivity contribution >= 4 is 12.2 Å². The molecule has 0 fully saturated rings. The second-order valence-corrected chi connectivity index (χ2v) is 4.67. The maximum Gasteiger partial charge on any atom is 0.0733 e. The van der Waals surface area contributed by atoms with Gasteiger partial charge in [-0.25, -0.2) is 0 Å². The fourth-order valence-corrected chi connectivity index (χ4v) is 1.53. The van der Waals surface area contributed by atoms with E-state index in [0.29, 0.717) is 0 Å². The Kier molecular flexibility index (Phi) is 3.46. The summed E-state index contributed by atoms with van der Waals surface area (Å²) < 4.78 is 0. The van der Waals surface area contributed by atoms with Gasteiger partial charge in [-0.2, -0.15) is 0 Å². The lowest BCUT2D eigenvalue weighted by atomic mass is 9.85. The zero-order valence-corrected chi connectivity index (χ0v) is 10.0. The minimum atomic E-state index is 0.0906. The van der Waals surface area contributed by atoms with E-state index in [9.17, 15) is 0 Å². The Morgan fingerprint density at radius 2 is 2.07 bits per heavy atom. The van der Waals surface area contributed by atoms with Crippen LogP contribution in [0, 0.1) is 5.41 Å². The summed E-state index contributed by atoms with van der Waals surface area (Å²) in [5.41, 5.74) is 1.32. The monoisotopic (exact) mass is 201 g/mol. The molecule has 0 bridgehead atoms. The first kappa shape index (κ1) is 11.7. The second kappa shape index (κ2) is 4.43. The molecule has 0 aliphatic carbocycles. The number of nitrogens with zero attached hydrogens (tertiary/aromatic N) is 1. The van der Waals surface area contributed by atoms with Crippen LogP contribution in [0.25, 0.3) is 12.2 Å². The van der Waals surface area contributed by atoms with Crippen molar-refractivity contribution in [3.8, 4) is 0 Å². The lowest BCUT2D eigenvalue weighted by Crippen LogP contribution is -2.32. The molecule has 0 amide bonds. The predicted molar refractivity (Wildman–Crippen MR) is 66.7 cm³/mol. The molecule has 1 nitrogen and oxygen atoms in total. The third-order valence-corrected chi connectivity index (χ3v) is 2.29. The molecule has 0 atom stereocenters. The van der Waals surface area contributed by atoms with Gasteiger partial charge in [0.05, 0.1) is 5.35 Å². The van der Waals surface area contributed by atoms with Crippen LogP contribution in [0.15, 0.2) is 30.5 Å². The van der Waals surface area contributed by atoms with E-state index in [1.807, 2.05) is 25.3 Å². The van der Waals surface area contributed by atoms with E-state index >= 15 is 0 Å². The van der Waals surface area contributed by atoms with Crippen molar-refractivity contribution < 1.29 is 0 Å². The zero-order valence-electron chi connectivity index (χ0n) is 10.0. The van der Waals surface area contributed by atoms with Crippen molar-refractivity contribution in [3.63, 3.8) is 0 Å². The van der Waals surface area contributed by atoms with E-state index in [2.05, 4.69) is 44.5 Å². The molecule has 0 spiro atoms. The van der Waals surface area contributed by atoms with Gasteiger partial charge in [0.15, 0.2) is 0 Å². The van der Waals surface area contributed by atoms with Crippen LogP contribution in [0.2, 0.25) is 0 Å². The molecule has 0 saturated heterocycles. The van der Waals surface area contributed by atoms with Crippen molar-refractivity contribution in [1.29, 1.82) is 0 Å². The maximum absolute atomic E-state index is 4.41. The summed E-state index contributed by atoms with van der Waals surface area (Å²) in [4.78, 5) is 4.41. The summed E-state index contributed by atoms with van der Waals surface area (Å²) >= 11 is 0. The molecule has 0 aliphatic heterocycles. The summed E-state index contributed by atoms with van der Waals surface area (Å²) in [7, 11) is 0. The molecular weight excluding hydrogens is 182 g/mol. The quantitative estimate of drug-likeness (QED) is 0.679. The number of allylic oxidation sites excluding steroid dienone is 2. The van der Waals surface area contributed by atoms with Gasteiger partial charge < -0.3 is 0 Å². The van der Waals surface area contributed by atoms with Crippen LogP contribution < -0.4 is 10.6 Å². The van der Waals surface area contributed by atoms with Gasteiger partial charge in [0.25, 0.3) is 0 Å². The zero-order chi connectivity index (χ0) is 11.5. The van der Waals surface area contributed by atoms with Crippen LogP contribution in [-0.4, -0.2) is 4.98 Å². The number of hydrogen-bond donors (Lipinski definition) is 0. The maximum atomic E-state index is 4.41. The minimum Gasteiger partial charge on any atom is -0.256 e. The highest BCUT2D eigenvalue weighted by Crippen LogP contribution is 2.25. The Morgan fingerprint density at radius 1 is 1.40 bits per heavy atom. The van der Waals surface area contributed by atoms with E-state index in [-0.39, 0.29) is 5.41 Å². The van der Waals surface area contributed by atoms with Crippen LogP contribution in [0.3, 0.4) is 0 Å². The highest BCUT2D eigenvalue weighted by molar-refractivity contribution is 5.60. The van der Waals surface area contributed by atoms with Crippen molar-refractivity contribution in [2.24, 2.45) is 5.41 Å². The third-order valence-electron chi connectivity index (χ3n) is 2.29. The first-order valence-electron chi connectivity index (χ1n) is 5.24. The van der Waals surface area contributed by atoms with E-state index in [4.69, 9.17) is 0 Å². The fourth-order valence-electron chi connectivity index (χ4n) is 1.53. The lowest BCUT2D eigenvalue weighted by Gasteiger charge is -2.20. The average molecular weight is 201 g/mol. The Hall–Kier alpha value is -1.37. The second-order valence-electron chi connectivity index (χ2n) is 4.67. The molecule has 0 radical (unpaired) electrons. The molecule has 0 N–H and O–H groups in total. The molecule has 0 unspecified atom stereocenters. The molecule has 1 aromatic rings. The highest BCUT2D eigenvalue weighted by atomic mass is 14.6. The van der Waals surface area contributed by atoms with Gasteiger partial charge in [-0.1, -0.05) is 45.6 Å². The molecule has 15 heavy (non-hydrogen) atoms. The summed E-state index contributed by atoms with van der Waals surface area (Å²) in [5.74, 6) is 0. The fraction of sp³-hybridized carbons (Fsp3) is 0.357. The van der Waals surface area contributed by atoms with Gasteiger partial charge >= 0.3 is 0 Å². The lowest BCUT2D eigenvalue weighted by molar-refractivity contribution is 0.565. The molecule has 80 valence electrons. The van der Waals surface area contributed by atoms with Crippen LogP contribution in [0.5, 0.6) is 0 Å². The topological polar surface area (TPSA) is 12.9 Å². The smallest absolute Gasteiger partial charge is 0.0733 e. The van der Waals surface area contributed by atoms with Crippen molar-refractivity contribution in [2.75, 3.05) is 0 Å². The number of aromatic nitrogens is 1. The average Bonchev–Trinajstić information content (AvgIpc) is 2.14. The number of pyridine rings is 1. The van der Waals surface area contributed by atoms with Gasteiger partial charge in [-0.3, -0.25) is 4.98 Å². The van der Waals surface area contributed by atoms with Crippen LogP contribution in [0.1, 0.15) is 27.7 Å². The van der Waals surface area contributed by atoms with Crippen LogP contribution >= 0.6 is 0 Å². The van der Waals surface area contributed by atoms with Crippen molar-refractivity contribution in [2.45, 2.75) is 27.7 Å². The Bertz CT molecular complexity index is 461. The van der Waals surface area contributed by atoms with E-state index in [1.165, 1.54) is 5.57 Å². The van der Waals surface area contributed by atoms with Crippen molar-refractivity contribution in [1.82, 2.24) is 4.98 Å². The minimum absolute atomic E-state index is 0.0906. The van der Waals surface area contributed by atoms with Gasteiger partial charge in [0.1, 0.15) is 0 Å². The Morgan fingerprint density at radius 3 is 2.53 bits per heavy atom. The first-order valence-corrected chi connectivity index (χ1v) is 5.24. The summed E-state index contributed by atoms with van der Waals surface area (Å²) in [6.07, 6.45) is 5.99. The molecule has 1 aromatic heterocycles. The predicted octanol–water partition coefficient (Wildman–Crippen LogP) is 2.26. The van der Waals surface area contributed by atoms with Crippen molar-refractivity contribution in [3.05, 3.63) is 41.0 Å². The van der Waals surface area contributed by atoms with Gasteiger partial charge in [0, 0.05) is 6.20 Å². The normalized spacial score (nSPS) is 14.4. The van der Waals surface area contributed by atoms with Gasteiger partial charge in [-0.15, -0.1) is 0 Å². The molecule has 0 aliphatic rings. The van der Waals surface area contributed by atoms with Gasteiger partial charge in [-0.05, 0) is 29.2 Å². The highest BCUT2D eigenvalue weighted by Gasteiger charge is 2.15. The van der Waals surface area contributed by atoms with Crippen LogP contribution in [0.4, 0.5) is 0 Å². The van der Waals surface area contributed by atoms with E-state index < -0.39 is 0 Å². The van der Waals surface area contributed by atoms with Gasteiger partial charge in [0.2, 0.25) is 0 Å². The third kappa shape index (κ3) is 2.79. The van der Waals surface area contributed by atoms with Crippen LogP contribution in [-0.2, 0) is 0 Å². The SMILES string of the molecule is C=c1cccn/c1=C(/C=C\C)C(C)(C)C. The largest absolute Gasteiger partial charge is 0.256 e. The molecule has 1 heterocycles. The number of hydrogen-bond acceptors (Lipinski definition) is 1. The standard InChI is InChI=1S/C14H19N/c1-6-8-12(14(3,4)5)13-11(2)9-7-10-15-13/h6-10H,2H2,1,3-5H3/b8-6-,13-12-. The molecular formula is C14H19N. The summed E-state index contributed by atoms with van der Waals surface area (Å²) in [6.45, 7) is 12.6. The van der Waals surface area contributed by atoms with E-state index in [0.717, 1.165) is 10.6 Å². The van der Waals surface area contributed by atoms with E-state index in [1.54, 1.807) is 0 Å².